The molecule has 0 radical (unpaired) electrons. The molecule has 0 saturated heterocycles. The Hall–Kier alpha value is -1.76. The Morgan fingerprint density at radius 1 is 1.57 bits per heavy atom. The van der Waals surface area contributed by atoms with Crippen LogP contribution in [0, 0.1) is 11.3 Å². The first-order valence-electron chi connectivity index (χ1n) is 4.19. The lowest BCUT2D eigenvalue weighted by atomic mass is 10.2. The fraction of sp³-hybridized carbons (Fsp3) is 0.300. The first-order chi connectivity index (χ1) is 6.81. The summed E-state index contributed by atoms with van der Waals surface area (Å²) in [4.78, 5) is 0. The summed E-state index contributed by atoms with van der Waals surface area (Å²) in [7, 11) is 1.54. The highest BCUT2D eigenvalue weighted by molar-refractivity contribution is 5.60. The number of hydrogen-bond donors (Lipinski definition) is 1. The molecule has 0 heterocycles. The molecule has 0 fully saturated rings. The van der Waals surface area contributed by atoms with Gasteiger partial charge in [0.1, 0.15) is 18.5 Å². The van der Waals surface area contributed by atoms with Crippen molar-refractivity contribution in [2.45, 2.75) is 0 Å². The van der Waals surface area contributed by atoms with Crippen molar-refractivity contribution in [2.75, 3.05) is 25.6 Å². The van der Waals surface area contributed by atoms with Crippen LogP contribution in [0.1, 0.15) is 5.56 Å². The topological polar surface area (TPSA) is 45.0 Å². The maximum atomic E-state index is 11.9. The second kappa shape index (κ2) is 5.07. The maximum Gasteiger partial charge on any atom is 0.121 e. The summed E-state index contributed by atoms with van der Waals surface area (Å²) in [6, 6.07) is 7.02. The number of benzene rings is 1. The van der Waals surface area contributed by atoms with E-state index in [-0.39, 0.29) is 6.54 Å². The van der Waals surface area contributed by atoms with Crippen LogP contribution in [-0.4, -0.2) is 20.3 Å². The van der Waals surface area contributed by atoms with Crippen LogP contribution in [0.4, 0.5) is 10.1 Å². The second-order valence-corrected chi connectivity index (χ2v) is 2.64. The second-order valence-electron chi connectivity index (χ2n) is 2.64. The molecule has 1 N–H and O–H groups in total. The summed E-state index contributed by atoms with van der Waals surface area (Å²) >= 11 is 0. The summed E-state index contributed by atoms with van der Waals surface area (Å²) in [6.07, 6.45) is 0. The number of ether oxygens (including phenoxy) is 1. The molecule has 74 valence electrons. The Morgan fingerprint density at radius 2 is 2.36 bits per heavy atom. The number of anilines is 1. The summed E-state index contributed by atoms with van der Waals surface area (Å²) in [5.74, 6) is 0.644. The zero-order chi connectivity index (χ0) is 10.4. The lowest BCUT2D eigenvalue weighted by Crippen LogP contribution is -2.04. The number of rotatable bonds is 4. The largest absolute Gasteiger partial charge is 0.497 e. The molecule has 0 spiro atoms. The van der Waals surface area contributed by atoms with E-state index in [0.717, 1.165) is 0 Å². The predicted octanol–water partition coefficient (Wildman–Crippen LogP) is 1.95. The number of methoxy groups -OCH3 is 1. The summed E-state index contributed by atoms with van der Waals surface area (Å²) < 4.78 is 16.9. The van der Waals surface area contributed by atoms with Gasteiger partial charge < -0.3 is 10.1 Å². The third-order valence-corrected chi connectivity index (χ3v) is 1.76. The maximum absolute atomic E-state index is 11.9. The molecule has 0 aliphatic carbocycles. The summed E-state index contributed by atoms with van der Waals surface area (Å²) in [5, 5.41) is 11.6. The van der Waals surface area contributed by atoms with Crippen molar-refractivity contribution in [2.24, 2.45) is 0 Å². The Morgan fingerprint density at radius 3 is 2.93 bits per heavy atom. The highest BCUT2D eigenvalue weighted by atomic mass is 19.1. The molecule has 0 aliphatic heterocycles. The van der Waals surface area contributed by atoms with E-state index in [9.17, 15) is 4.39 Å². The minimum atomic E-state index is -0.470. The van der Waals surface area contributed by atoms with E-state index in [2.05, 4.69) is 5.32 Å². The van der Waals surface area contributed by atoms with E-state index in [1.807, 2.05) is 6.07 Å². The Kier molecular flexibility index (Phi) is 3.74. The van der Waals surface area contributed by atoms with Gasteiger partial charge in [-0.2, -0.15) is 5.26 Å². The van der Waals surface area contributed by atoms with Gasteiger partial charge in [0.15, 0.2) is 0 Å². The summed E-state index contributed by atoms with van der Waals surface area (Å²) in [6.45, 7) is -0.274. The summed E-state index contributed by atoms with van der Waals surface area (Å²) in [5.41, 5.74) is 1.09. The molecule has 0 bridgehead atoms. The smallest absolute Gasteiger partial charge is 0.121 e. The fourth-order valence-corrected chi connectivity index (χ4v) is 1.08. The van der Waals surface area contributed by atoms with Crippen molar-refractivity contribution in [3.8, 4) is 11.8 Å². The van der Waals surface area contributed by atoms with Crippen LogP contribution in [0.2, 0.25) is 0 Å². The van der Waals surface area contributed by atoms with Gasteiger partial charge in [0.05, 0.1) is 18.4 Å². The van der Waals surface area contributed by atoms with E-state index in [4.69, 9.17) is 10.00 Å². The standard InChI is InChI=1S/C10H11FN2O/c1-14-9-3-2-8(7-12)10(6-9)13-5-4-11/h2-3,6,13H,4-5H2,1H3. The molecule has 1 rings (SSSR count). The van der Waals surface area contributed by atoms with Crippen molar-refractivity contribution in [3.05, 3.63) is 23.8 Å². The molecule has 0 aromatic heterocycles. The van der Waals surface area contributed by atoms with Gasteiger partial charge in [-0.15, -0.1) is 0 Å². The molecular weight excluding hydrogens is 183 g/mol. The SMILES string of the molecule is COc1ccc(C#N)c(NCCF)c1. The van der Waals surface area contributed by atoms with Gasteiger partial charge in [0.2, 0.25) is 0 Å². The third kappa shape index (κ3) is 2.36. The van der Waals surface area contributed by atoms with Gasteiger partial charge >= 0.3 is 0 Å². The first-order valence-corrected chi connectivity index (χ1v) is 4.19. The molecule has 0 saturated carbocycles. The van der Waals surface area contributed by atoms with E-state index in [1.54, 1.807) is 25.3 Å². The van der Waals surface area contributed by atoms with Crippen LogP contribution >= 0.6 is 0 Å². The first kappa shape index (κ1) is 10.3. The number of hydrogen-bond acceptors (Lipinski definition) is 3. The van der Waals surface area contributed by atoms with Crippen molar-refractivity contribution in [1.82, 2.24) is 0 Å². The van der Waals surface area contributed by atoms with E-state index < -0.39 is 6.67 Å². The van der Waals surface area contributed by atoms with Gasteiger partial charge in [-0.1, -0.05) is 0 Å². The zero-order valence-corrected chi connectivity index (χ0v) is 7.88. The monoisotopic (exact) mass is 194 g/mol. The fourth-order valence-electron chi connectivity index (χ4n) is 1.08. The molecule has 14 heavy (non-hydrogen) atoms. The van der Waals surface area contributed by atoms with Gasteiger partial charge in [-0.25, -0.2) is 4.39 Å². The number of halogens is 1. The zero-order valence-electron chi connectivity index (χ0n) is 7.88. The third-order valence-electron chi connectivity index (χ3n) is 1.76. The van der Waals surface area contributed by atoms with Crippen LogP contribution in [0.5, 0.6) is 5.75 Å². The molecular formula is C10H11FN2O. The van der Waals surface area contributed by atoms with Crippen molar-refractivity contribution >= 4 is 5.69 Å². The average molecular weight is 194 g/mol. The Bertz CT molecular complexity index is 346. The molecule has 4 heteroatoms. The van der Waals surface area contributed by atoms with Crippen molar-refractivity contribution in [3.63, 3.8) is 0 Å². The number of nitrogens with zero attached hydrogens (tertiary/aromatic N) is 1. The Labute approximate surface area is 82.1 Å². The molecule has 0 atom stereocenters. The van der Waals surface area contributed by atoms with E-state index in [1.165, 1.54) is 0 Å². The molecule has 0 aliphatic rings. The molecule has 1 aromatic carbocycles. The lowest BCUT2D eigenvalue weighted by Gasteiger charge is -2.07. The molecule has 0 unspecified atom stereocenters. The van der Waals surface area contributed by atoms with Gasteiger partial charge in [0, 0.05) is 12.6 Å². The highest BCUT2D eigenvalue weighted by Gasteiger charge is 2.02. The quantitative estimate of drug-likeness (QED) is 0.796. The lowest BCUT2D eigenvalue weighted by molar-refractivity contribution is 0.415. The normalized spacial score (nSPS) is 9.21. The molecule has 3 nitrogen and oxygen atoms in total. The number of alkyl halides is 1. The predicted molar refractivity (Wildman–Crippen MR) is 52.2 cm³/mol. The molecule has 1 aromatic rings. The number of nitrogens with one attached hydrogen (secondary N) is 1. The Balaban J connectivity index is 2.91. The van der Waals surface area contributed by atoms with Gasteiger partial charge in [-0.3, -0.25) is 0 Å². The van der Waals surface area contributed by atoms with Crippen LogP contribution in [0.15, 0.2) is 18.2 Å². The van der Waals surface area contributed by atoms with E-state index >= 15 is 0 Å². The minimum Gasteiger partial charge on any atom is -0.497 e. The average Bonchev–Trinajstić information content (AvgIpc) is 2.25. The van der Waals surface area contributed by atoms with Crippen molar-refractivity contribution in [1.29, 1.82) is 5.26 Å². The van der Waals surface area contributed by atoms with Gasteiger partial charge in [-0.05, 0) is 12.1 Å². The highest BCUT2D eigenvalue weighted by Crippen LogP contribution is 2.21. The van der Waals surface area contributed by atoms with E-state index in [0.29, 0.717) is 17.0 Å². The van der Waals surface area contributed by atoms with Crippen LogP contribution in [0.25, 0.3) is 0 Å². The number of nitriles is 1. The molecule has 0 amide bonds. The van der Waals surface area contributed by atoms with Gasteiger partial charge in [0.25, 0.3) is 0 Å². The minimum absolute atomic E-state index is 0.196. The van der Waals surface area contributed by atoms with Crippen LogP contribution in [0.3, 0.4) is 0 Å². The van der Waals surface area contributed by atoms with Crippen LogP contribution < -0.4 is 10.1 Å². The van der Waals surface area contributed by atoms with Crippen LogP contribution in [-0.2, 0) is 0 Å². The van der Waals surface area contributed by atoms with Crippen molar-refractivity contribution < 1.29 is 9.13 Å².